The van der Waals surface area contributed by atoms with E-state index in [2.05, 4.69) is 10.3 Å². The Labute approximate surface area is 192 Å². The van der Waals surface area contributed by atoms with E-state index in [1.807, 2.05) is 72.2 Å². The summed E-state index contributed by atoms with van der Waals surface area (Å²) in [6.45, 7) is 2.79. The lowest BCUT2D eigenvalue weighted by atomic mass is 10.2. The number of carbonyl (C=O) groups is 2. The molecule has 0 bridgehead atoms. The normalized spacial score (nSPS) is 10.7. The molecule has 4 aromatic rings. The van der Waals surface area contributed by atoms with Crippen molar-refractivity contribution < 1.29 is 14.3 Å². The van der Waals surface area contributed by atoms with Crippen LogP contribution in [0, 0.1) is 0 Å². The second kappa shape index (κ2) is 9.99. The van der Waals surface area contributed by atoms with Crippen LogP contribution >= 0.6 is 0 Å². The number of hydrogen-bond donors (Lipinski definition) is 1. The smallest absolute Gasteiger partial charge is 0.255 e. The fraction of sp³-hybridized carbons (Fsp3) is 0.192. The average molecular weight is 443 g/mol. The number of amides is 2. The number of methoxy groups -OCH3 is 1. The molecule has 1 heterocycles. The van der Waals surface area contributed by atoms with Crippen LogP contribution in [0.4, 0.5) is 5.69 Å². The van der Waals surface area contributed by atoms with Crippen molar-refractivity contribution in [3.63, 3.8) is 0 Å². The summed E-state index contributed by atoms with van der Waals surface area (Å²) in [6.07, 6.45) is 0. The Hall–Kier alpha value is -4.13. The number of nitrogens with zero attached hydrogens (tertiary/aromatic N) is 3. The molecule has 1 N–H and O–H groups in total. The standard InChI is InChI=1S/C26H26N4O3/c1-3-29(19-11-5-4-6-12-19)25(31)18-30-22-15-9-8-14-21(22)28-24(30)17-27-26(32)20-13-7-10-16-23(20)33-2/h4-16H,3,17-18H2,1-2H3,(H,27,32). The van der Waals surface area contributed by atoms with Gasteiger partial charge in [0, 0.05) is 12.2 Å². The number of aromatic nitrogens is 2. The molecule has 0 saturated heterocycles. The second-order valence-corrected chi connectivity index (χ2v) is 7.46. The molecule has 168 valence electrons. The first kappa shape index (κ1) is 22.1. The number of ether oxygens (including phenoxy) is 1. The van der Waals surface area contributed by atoms with Crippen molar-refractivity contribution in [3.8, 4) is 5.75 Å². The van der Waals surface area contributed by atoms with Crippen LogP contribution in [-0.2, 0) is 17.9 Å². The Morgan fingerprint density at radius 2 is 1.67 bits per heavy atom. The Morgan fingerprint density at radius 1 is 0.970 bits per heavy atom. The zero-order valence-electron chi connectivity index (χ0n) is 18.7. The lowest BCUT2D eigenvalue weighted by Crippen LogP contribution is -2.34. The van der Waals surface area contributed by atoms with Gasteiger partial charge in [-0.05, 0) is 43.3 Å². The number of benzene rings is 3. The molecule has 0 atom stereocenters. The number of fused-ring (bicyclic) bond motifs is 1. The lowest BCUT2D eigenvalue weighted by Gasteiger charge is -2.22. The molecule has 0 fully saturated rings. The van der Waals surface area contributed by atoms with Crippen LogP contribution < -0.4 is 15.0 Å². The van der Waals surface area contributed by atoms with Gasteiger partial charge in [-0.1, -0.05) is 42.5 Å². The molecule has 1 aromatic heterocycles. The summed E-state index contributed by atoms with van der Waals surface area (Å²) in [6, 6.07) is 24.3. The van der Waals surface area contributed by atoms with Crippen molar-refractivity contribution in [3.05, 3.63) is 90.3 Å². The van der Waals surface area contributed by atoms with E-state index in [1.54, 1.807) is 23.1 Å². The molecule has 3 aromatic carbocycles. The maximum absolute atomic E-state index is 13.3. The molecule has 4 rings (SSSR count). The quantitative estimate of drug-likeness (QED) is 0.447. The predicted molar refractivity (Wildman–Crippen MR) is 128 cm³/mol. The summed E-state index contributed by atoms with van der Waals surface area (Å²) in [5.41, 5.74) is 2.91. The van der Waals surface area contributed by atoms with Crippen LogP contribution in [0.25, 0.3) is 11.0 Å². The fourth-order valence-electron chi connectivity index (χ4n) is 3.86. The van der Waals surface area contributed by atoms with Crippen LogP contribution in [-0.4, -0.2) is 35.0 Å². The number of nitrogens with one attached hydrogen (secondary N) is 1. The van der Waals surface area contributed by atoms with Gasteiger partial charge in [0.1, 0.15) is 18.1 Å². The number of rotatable bonds is 8. The molecule has 0 aliphatic heterocycles. The lowest BCUT2D eigenvalue weighted by molar-refractivity contribution is -0.119. The number of hydrogen-bond acceptors (Lipinski definition) is 4. The third-order valence-corrected chi connectivity index (χ3v) is 5.47. The summed E-state index contributed by atoms with van der Waals surface area (Å²) in [5.74, 6) is 0.790. The van der Waals surface area contributed by atoms with Gasteiger partial charge >= 0.3 is 0 Å². The van der Waals surface area contributed by atoms with Gasteiger partial charge in [0.05, 0.1) is 30.3 Å². The summed E-state index contributed by atoms with van der Waals surface area (Å²) >= 11 is 0. The molecule has 0 radical (unpaired) electrons. The second-order valence-electron chi connectivity index (χ2n) is 7.46. The van der Waals surface area contributed by atoms with E-state index in [0.29, 0.717) is 23.7 Å². The zero-order valence-corrected chi connectivity index (χ0v) is 18.7. The van der Waals surface area contributed by atoms with Crippen molar-refractivity contribution >= 4 is 28.5 Å². The third kappa shape index (κ3) is 4.72. The van der Waals surface area contributed by atoms with Crippen molar-refractivity contribution in [1.29, 1.82) is 0 Å². The van der Waals surface area contributed by atoms with Crippen molar-refractivity contribution in [2.45, 2.75) is 20.0 Å². The van der Waals surface area contributed by atoms with E-state index in [0.717, 1.165) is 16.7 Å². The molecular formula is C26H26N4O3. The molecule has 33 heavy (non-hydrogen) atoms. The number of para-hydroxylation sites is 4. The highest BCUT2D eigenvalue weighted by atomic mass is 16.5. The molecule has 0 saturated carbocycles. The number of anilines is 1. The summed E-state index contributed by atoms with van der Waals surface area (Å²) in [4.78, 5) is 32.5. The highest BCUT2D eigenvalue weighted by molar-refractivity contribution is 5.97. The largest absolute Gasteiger partial charge is 0.496 e. The Bertz CT molecular complexity index is 1270. The van der Waals surface area contributed by atoms with E-state index in [1.165, 1.54) is 7.11 Å². The molecule has 0 spiro atoms. The first-order valence-corrected chi connectivity index (χ1v) is 10.8. The molecular weight excluding hydrogens is 416 g/mol. The van der Waals surface area contributed by atoms with Gasteiger partial charge in [0.15, 0.2) is 0 Å². The van der Waals surface area contributed by atoms with Crippen molar-refractivity contribution in [2.75, 3.05) is 18.6 Å². The van der Waals surface area contributed by atoms with Gasteiger partial charge in [-0.15, -0.1) is 0 Å². The van der Waals surface area contributed by atoms with Gasteiger partial charge in [-0.2, -0.15) is 0 Å². The summed E-state index contributed by atoms with van der Waals surface area (Å²) < 4.78 is 7.16. The Morgan fingerprint density at radius 3 is 2.42 bits per heavy atom. The minimum absolute atomic E-state index is 0.0517. The van der Waals surface area contributed by atoms with Crippen LogP contribution in [0.1, 0.15) is 23.1 Å². The minimum Gasteiger partial charge on any atom is -0.496 e. The Kier molecular flexibility index (Phi) is 6.69. The van der Waals surface area contributed by atoms with Gasteiger partial charge in [0.2, 0.25) is 5.91 Å². The molecule has 7 heteroatoms. The molecule has 0 aliphatic carbocycles. The number of carbonyl (C=O) groups excluding carboxylic acids is 2. The summed E-state index contributed by atoms with van der Waals surface area (Å²) in [5, 5.41) is 2.91. The fourth-order valence-corrected chi connectivity index (χ4v) is 3.86. The third-order valence-electron chi connectivity index (χ3n) is 5.47. The van der Waals surface area contributed by atoms with Crippen LogP contribution in [0.3, 0.4) is 0 Å². The predicted octanol–water partition coefficient (Wildman–Crippen LogP) is 4.03. The van der Waals surface area contributed by atoms with Crippen molar-refractivity contribution in [2.24, 2.45) is 0 Å². The number of likely N-dealkylation sites (N-methyl/N-ethyl adjacent to an activating group) is 1. The van der Waals surface area contributed by atoms with Crippen LogP contribution in [0.15, 0.2) is 78.9 Å². The molecule has 0 aliphatic rings. The van der Waals surface area contributed by atoms with Gasteiger partial charge in [-0.3, -0.25) is 9.59 Å². The SMILES string of the molecule is CCN(C(=O)Cn1c(CNC(=O)c2ccccc2OC)nc2ccccc21)c1ccccc1. The molecule has 7 nitrogen and oxygen atoms in total. The topological polar surface area (TPSA) is 76.5 Å². The highest BCUT2D eigenvalue weighted by Gasteiger charge is 2.19. The van der Waals surface area contributed by atoms with Gasteiger partial charge in [0.25, 0.3) is 5.91 Å². The molecule has 2 amide bonds. The number of imidazole rings is 1. The maximum Gasteiger partial charge on any atom is 0.255 e. The zero-order chi connectivity index (χ0) is 23.2. The van der Waals surface area contributed by atoms with Gasteiger partial charge in [-0.25, -0.2) is 4.98 Å². The van der Waals surface area contributed by atoms with E-state index < -0.39 is 0 Å². The minimum atomic E-state index is -0.267. The van der Waals surface area contributed by atoms with Crippen LogP contribution in [0.2, 0.25) is 0 Å². The average Bonchev–Trinajstić information content (AvgIpc) is 3.20. The van der Waals surface area contributed by atoms with E-state index in [-0.39, 0.29) is 24.9 Å². The highest BCUT2D eigenvalue weighted by Crippen LogP contribution is 2.20. The first-order chi connectivity index (χ1) is 16.1. The van der Waals surface area contributed by atoms with E-state index >= 15 is 0 Å². The van der Waals surface area contributed by atoms with Crippen molar-refractivity contribution in [1.82, 2.24) is 14.9 Å². The van der Waals surface area contributed by atoms with Gasteiger partial charge < -0.3 is 19.5 Å². The van der Waals surface area contributed by atoms with E-state index in [4.69, 9.17) is 4.74 Å². The molecule has 0 unspecified atom stereocenters. The van der Waals surface area contributed by atoms with E-state index in [9.17, 15) is 9.59 Å². The first-order valence-electron chi connectivity index (χ1n) is 10.8. The van der Waals surface area contributed by atoms with Crippen LogP contribution in [0.5, 0.6) is 5.75 Å². The Balaban J connectivity index is 1.59. The monoisotopic (exact) mass is 442 g/mol. The maximum atomic E-state index is 13.3. The summed E-state index contributed by atoms with van der Waals surface area (Å²) in [7, 11) is 1.53.